The molecule has 1 atom stereocenters. The normalized spacial score (nSPS) is 16.0. The minimum Gasteiger partial charge on any atom is -0.381 e. The van der Waals surface area contributed by atoms with E-state index in [1.807, 2.05) is 24.3 Å². The Morgan fingerprint density at radius 1 is 1.20 bits per heavy atom. The topological polar surface area (TPSA) is 88.8 Å². The molecule has 0 amide bonds. The third-order valence-electron chi connectivity index (χ3n) is 4.74. The predicted octanol–water partition coefficient (Wildman–Crippen LogP) is 4.18. The minimum absolute atomic E-state index is 0. The number of hydrogen-bond acceptors (Lipinski definition) is 4. The van der Waals surface area contributed by atoms with Gasteiger partial charge in [-0.25, -0.2) is 4.99 Å². The van der Waals surface area contributed by atoms with Gasteiger partial charge in [0.05, 0.1) is 18.1 Å². The summed E-state index contributed by atoms with van der Waals surface area (Å²) in [5, 5.41) is 18.3. The third kappa shape index (κ3) is 8.08. The van der Waals surface area contributed by atoms with Crippen LogP contribution in [-0.4, -0.2) is 37.2 Å². The third-order valence-corrected chi connectivity index (χ3v) is 4.98. The zero-order valence-electron chi connectivity index (χ0n) is 16.6. The molecule has 2 aromatic rings. The van der Waals surface area contributed by atoms with E-state index < -0.39 is 4.92 Å². The average Bonchev–Trinajstić information content (AvgIpc) is 3.23. The van der Waals surface area contributed by atoms with Crippen LogP contribution in [-0.2, 0) is 17.7 Å². The fourth-order valence-electron chi connectivity index (χ4n) is 3.07. The highest BCUT2D eigenvalue weighted by Gasteiger charge is 2.15. The number of nitrogens with zero attached hydrogens (tertiary/aromatic N) is 2. The van der Waals surface area contributed by atoms with Gasteiger partial charge in [-0.1, -0.05) is 35.9 Å². The van der Waals surface area contributed by atoms with Crippen molar-refractivity contribution < 1.29 is 9.66 Å². The van der Waals surface area contributed by atoms with E-state index in [9.17, 15) is 10.1 Å². The Kier molecular flexibility index (Phi) is 10.3. The Hall–Kier alpha value is -1.91. The highest BCUT2D eigenvalue weighted by Crippen LogP contribution is 2.13. The molecule has 1 unspecified atom stereocenters. The molecule has 2 N–H and O–H groups in total. The molecule has 1 saturated heterocycles. The number of benzene rings is 2. The lowest BCUT2D eigenvalue weighted by atomic mass is 10.1. The van der Waals surface area contributed by atoms with Crippen LogP contribution < -0.4 is 10.6 Å². The Labute approximate surface area is 198 Å². The molecule has 0 aromatic heterocycles. The van der Waals surface area contributed by atoms with Gasteiger partial charge in [-0.05, 0) is 36.1 Å². The van der Waals surface area contributed by atoms with Crippen LogP contribution in [0.15, 0.2) is 53.5 Å². The van der Waals surface area contributed by atoms with E-state index in [0.29, 0.717) is 19.0 Å². The first kappa shape index (κ1) is 24.4. The lowest BCUT2D eigenvalue weighted by Crippen LogP contribution is -2.41. The molecule has 7 nitrogen and oxygen atoms in total. The van der Waals surface area contributed by atoms with Crippen molar-refractivity contribution in [3.63, 3.8) is 0 Å². The zero-order valence-corrected chi connectivity index (χ0v) is 19.6. The summed E-state index contributed by atoms with van der Waals surface area (Å²) in [6, 6.07) is 14.3. The average molecular weight is 545 g/mol. The second kappa shape index (κ2) is 12.7. The molecule has 0 bridgehead atoms. The summed E-state index contributed by atoms with van der Waals surface area (Å²) in [6.45, 7) is 3.53. The van der Waals surface area contributed by atoms with Crippen molar-refractivity contribution in [3.05, 3.63) is 74.8 Å². The van der Waals surface area contributed by atoms with E-state index in [1.54, 1.807) is 12.1 Å². The van der Waals surface area contributed by atoms with Gasteiger partial charge in [0, 0.05) is 42.8 Å². The lowest BCUT2D eigenvalue weighted by Gasteiger charge is -2.15. The van der Waals surface area contributed by atoms with Crippen molar-refractivity contribution in [3.8, 4) is 0 Å². The van der Waals surface area contributed by atoms with E-state index in [2.05, 4.69) is 15.6 Å². The Morgan fingerprint density at radius 3 is 2.67 bits per heavy atom. The number of aliphatic imine (C=N–C) groups is 1. The number of nitrogens with one attached hydrogen (secondary N) is 2. The van der Waals surface area contributed by atoms with Gasteiger partial charge in [0.15, 0.2) is 5.96 Å². The van der Waals surface area contributed by atoms with Crippen LogP contribution in [0.2, 0.25) is 5.02 Å². The highest BCUT2D eigenvalue weighted by atomic mass is 127. The van der Waals surface area contributed by atoms with Crippen molar-refractivity contribution in [2.45, 2.75) is 19.4 Å². The van der Waals surface area contributed by atoms with Gasteiger partial charge in [-0.15, -0.1) is 24.0 Å². The van der Waals surface area contributed by atoms with E-state index >= 15 is 0 Å². The smallest absolute Gasteiger partial charge is 0.269 e. The highest BCUT2D eigenvalue weighted by molar-refractivity contribution is 14.0. The Bertz CT molecular complexity index is 842. The van der Waals surface area contributed by atoms with Crippen molar-refractivity contribution >= 4 is 47.2 Å². The van der Waals surface area contributed by atoms with Gasteiger partial charge in [0.25, 0.3) is 5.69 Å². The molecule has 0 radical (unpaired) electrons. The van der Waals surface area contributed by atoms with Crippen LogP contribution in [0.25, 0.3) is 0 Å². The van der Waals surface area contributed by atoms with Crippen molar-refractivity contribution in [1.82, 2.24) is 10.6 Å². The van der Waals surface area contributed by atoms with Crippen molar-refractivity contribution in [1.29, 1.82) is 0 Å². The molecular formula is C21H26ClIN4O3. The van der Waals surface area contributed by atoms with Crippen LogP contribution in [0.4, 0.5) is 5.69 Å². The molecule has 162 valence electrons. The van der Waals surface area contributed by atoms with E-state index in [1.165, 1.54) is 12.1 Å². The number of halogens is 2. The maximum absolute atomic E-state index is 10.8. The summed E-state index contributed by atoms with van der Waals surface area (Å²) in [4.78, 5) is 15.0. The zero-order chi connectivity index (χ0) is 20.5. The number of non-ortho nitro benzene ring substituents is 1. The standard InChI is InChI=1S/C21H25ClN4O3.HI/c22-19-3-1-2-16(12-19)8-10-23-21(25-14-18-9-11-29-15-18)24-13-17-4-6-20(7-5-17)26(27)28;/h1-7,12,18H,8-11,13-15H2,(H2,23,24,25);1H. The Morgan fingerprint density at radius 2 is 2.00 bits per heavy atom. The number of hydrogen-bond donors (Lipinski definition) is 2. The second-order valence-electron chi connectivity index (χ2n) is 7.01. The number of nitro groups is 1. The quantitative estimate of drug-likeness (QED) is 0.171. The summed E-state index contributed by atoms with van der Waals surface area (Å²) in [6.07, 6.45) is 1.87. The molecule has 2 aromatic carbocycles. The van der Waals surface area contributed by atoms with Gasteiger partial charge < -0.3 is 15.4 Å². The summed E-state index contributed by atoms with van der Waals surface area (Å²) >= 11 is 6.05. The fourth-order valence-corrected chi connectivity index (χ4v) is 3.28. The van der Waals surface area contributed by atoms with Gasteiger partial charge in [-0.3, -0.25) is 10.1 Å². The van der Waals surface area contributed by atoms with Crippen LogP contribution in [0.1, 0.15) is 17.5 Å². The van der Waals surface area contributed by atoms with Crippen LogP contribution in [0.5, 0.6) is 0 Å². The monoisotopic (exact) mass is 544 g/mol. The van der Waals surface area contributed by atoms with Gasteiger partial charge >= 0.3 is 0 Å². The van der Waals surface area contributed by atoms with Gasteiger partial charge in [0.1, 0.15) is 0 Å². The molecule has 1 fully saturated rings. The van der Waals surface area contributed by atoms with E-state index in [4.69, 9.17) is 16.3 Å². The van der Waals surface area contributed by atoms with Gasteiger partial charge in [-0.2, -0.15) is 0 Å². The number of guanidine groups is 1. The second-order valence-corrected chi connectivity index (χ2v) is 7.44. The SMILES string of the molecule is I.O=[N+]([O-])c1ccc(CN=C(NCCc2cccc(Cl)c2)NCC2CCOC2)cc1. The lowest BCUT2D eigenvalue weighted by molar-refractivity contribution is -0.384. The summed E-state index contributed by atoms with van der Waals surface area (Å²) in [7, 11) is 0. The van der Waals surface area contributed by atoms with Gasteiger partial charge in [0.2, 0.25) is 0 Å². The molecule has 30 heavy (non-hydrogen) atoms. The first-order valence-corrected chi connectivity index (χ1v) is 10.1. The molecule has 1 heterocycles. The largest absolute Gasteiger partial charge is 0.381 e. The maximum atomic E-state index is 10.8. The summed E-state index contributed by atoms with van der Waals surface area (Å²) in [5.74, 6) is 1.20. The predicted molar refractivity (Wildman–Crippen MR) is 130 cm³/mol. The molecule has 0 saturated carbocycles. The summed E-state index contributed by atoms with van der Waals surface area (Å²) in [5.41, 5.74) is 2.15. The molecule has 3 rings (SSSR count). The molecule has 0 aliphatic carbocycles. The molecule has 9 heteroatoms. The Balaban J connectivity index is 0.00000320. The van der Waals surface area contributed by atoms with Crippen LogP contribution in [0.3, 0.4) is 0 Å². The molecular weight excluding hydrogens is 519 g/mol. The first-order valence-electron chi connectivity index (χ1n) is 9.68. The molecule has 1 aliphatic heterocycles. The number of rotatable bonds is 8. The number of nitro benzene ring substituents is 1. The molecule has 1 aliphatic rings. The first-order chi connectivity index (χ1) is 14.1. The number of ether oxygens (including phenoxy) is 1. The molecule has 0 spiro atoms. The van der Waals surface area contributed by atoms with Crippen molar-refractivity contribution in [2.75, 3.05) is 26.3 Å². The van der Waals surface area contributed by atoms with Crippen LogP contribution >= 0.6 is 35.6 Å². The summed E-state index contributed by atoms with van der Waals surface area (Å²) < 4.78 is 5.43. The fraction of sp³-hybridized carbons (Fsp3) is 0.381. The van der Waals surface area contributed by atoms with Crippen LogP contribution in [0, 0.1) is 16.0 Å². The maximum Gasteiger partial charge on any atom is 0.269 e. The van der Waals surface area contributed by atoms with E-state index in [-0.39, 0.29) is 29.7 Å². The van der Waals surface area contributed by atoms with Crippen molar-refractivity contribution in [2.24, 2.45) is 10.9 Å². The minimum atomic E-state index is -0.402. The van der Waals surface area contributed by atoms with E-state index in [0.717, 1.165) is 54.7 Å².